The van der Waals surface area contributed by atoms with Gasteiger partial charge in [-0.05, 0) is 67.6 Å². The zero-order valence-electron chi connectivity index (χ0n) is 15.0. The fourth-order valence-electron chi connectivity index (χ4n) is 3.61. The minimum atomic E-state index is 0.153. The Kier molecular flexibility index (Phi) is 4.29. The van der Waals surface area contributed by atoms with Gasteiger partial charge in [0.15, 0.2) is 0 Å². The predicted molar refractivity (Wildman–Crippen MR) is 100 cm³/mol. The number of amides is 1. The van der Waals surface area contributed by atoms with Gasteiger partial charge in [-0.25, -0.2) is 0 Å². The lowest BCUT2D eigenvalue weighted by Gasteiger charge is -2.17. The summed E-state index contributed by atoms with van der Waals surface area (Å²) in [4.78, 5) is 18.7. The van der Waals surface area contributed by atoms with Crippen LogP contribution in [0.2, 0.25) is 0 Å². The van der Waals surface area contributed by atoms with Crippen LogP contribution < -0.4 is 4.90 Å². The molecule has 0 aliphatic carbocycles. The molecule has 0 N–H and O–H groups in total. The van der Waals surface area contributed by atoms with Gasteiger partial charge in [0.1, 0.15) is 5.76 Å². The molecule has 3 aromatic rings. The van der Waals surface area contributed by atoms with Gasteiger partial charge >= 0.3 is 0 Å². The molecule has 0 bridgehead atoms. The molecule has 5 nitrogen and oxygen atoms in total. The molecule has 0 radical (unpaired) electrons. The Morgan fingerprint density at radius 3 is 2.69 bits per heavy atom. The van der Waals surface area contributed by atoms with Crippen LogP contribution in [0.25, 0.3) is 11.1 Å². The average molecular weight is 347 g/mol. The Morgan fingerprint density at radius 2 is 1.96 bits per heavy atom. The maximum atomic E-state index is 12.7. The normalized spacial score (nSPS) is 13.1. The van der Waals surface area contributed by atoms with E-state index in [1.807, 2.05) is 30.9 Å². The molecular weight excluding hydrogens is 326 g/mol. The van der Waals surface area contributed by atoms with Crippen LogP contribution in [0.1, 0.15) is 29.0 Å². The zero-order chi connectivity index (χ0) is 18.1. The summed E-state index contributed by atoms with van der Waals surface area (Å²) in [5, 5.41) is 3.96. The number of anilines is 1. The van der Waals surface area contributed by atoms with Crippen LogP contribution in [-0.4, -0.2) is 22.6 Å². The van der Waals surface area contributed by atoms with Crippen molar-refractivity contribution in [1.29, 1.82) is 0 Å². The number of benzene rings is 1. The molecule has 3 heterocycles. The second-order valence-corrected chi connectivity index (χ2v) is 6.68. The van der Waals surface area contributed by atoms with Crippen molar-refractivity contribution < 1.29 is 9.32 Å². The molecule has 0 fully saturated rings. The highest BCUT2D eigenvalue weighted by Gasteiger charge is 2.25. The summed E-state index contributed by atoms with van der Waals surface area (Å²) in [5.41, 5.74) is 6.49. The van der Waals surface area contributed by atoms with Gasteiger partial charge in [-0.3, -0.25) is 9.78 Å². The number of pyridine rings is 1. The third-order valence-corrected chi connectivity index (χ3v) is 5.06. The molecule has 0 saturated heterocycles. The first-order chi connectivity index (χ1) is 12.6. The van der Waals surface area contributed by atoms with E-state index in [4.69, 9.17) is 4.52 Å². The summed E-state index contributed by atoms with van der Waals surface area (Å²) < 4.78 is 5.19. The minimum Gasteiger partial charge on any atom is -0.361 e. The largest absolute Gasteiger partial charge is 0.361 e. The molecule has 0 saturated carbocycles. The maximum absolute atomic E-state index is 12.7. The summed E-state index contributed by atoms with van der Waals surface area (Å²) in [5.74, 6) is 0.958. The van der Waals surface area contributed by atoms with Gasteiger partial charge in [0, 0.05) is 36.6 Å². The summed E-state index contributed by atoms with van der Waals surface area (Å²) in [6.07, 6.45) is 5.63. The average Bonchev–Trinajstić information content (AvgIpc) is 3.23. The van der Waals surface area contributed by atoms with Crippen LogP contribution in [0.5, 0.6) is 0 Å². The Bertz CT molecular complexity index is 928. The van der Waals surface area contributed by atoms with E-state index >= 15 is 0 Å². The number of aryl methyl sites for hydroxylation is 2. The number of hydrogen-bond acceptors (Lipinski definition) is 4. The molecule has 1 amide bonds. The summed E-state index contributed by atoms with van der Waals surface area (Å²) >= 11 is 0. The number of carbonyl (C=O) groups is 1. The molecule has 132 valence electrons. The van der Waals surface area contributed by atoms with Crippen molar-refractivity contribution >= 4 is 11.6 Å². The van der Waals surface area contributed by atoms with Gasteiger partial charge in [0.05, 0.1) is 5.69 Å². The Hall–Kier alpha value is -2.95. The molecule has 0 spiro atoms. The van der Waals surface area contributed by atoms with Crippen LogP contribution in [-0.2, 0) is 17.6 Å². The molecule has 1 aromatic carbocycles. The van der Waals surface area contributed by atoms with Crippen LogP contribution in [0, 0.1) is 13.8 Å². The van der Waals surface area contributed by atoms with Crippen LogP contribution in [0.3, 0.4) is 0 Å². The minimum absolute atomic E-state index is 0.153. The lowest BCUT2D eigenvalue weighted by Crippen LogP contribution is -2.29. The van der Waals surface area contributed by atoms with E-state index in [0.29, 0.717) is 12.8 Å². The van der Waals surface area contributed by atoms with Gasteiger partial charge in [0.25, 0.3) is 0 Å². The van der Waals surface area contributed by atoms with Crippen molar-refractivity contribution in [2.75, 3.05) is 11.4 Å². The lowest BCUT2D eigenvalue weighted by atomic mass is 10.0. The lowest BCUT2D eigenvalue weighted by molar-refractivity contribution is -0.118. The van der Waals surface area contributed by atoms with E-state index in [9.17, 15) is 4.79 Å². The number of aromatic nitrogens is 2. The Balaban J connectivity index is 1.50. The molecule has 4 rings (SSSR count). The van der Waals surface area contributed by atoms with E-state index in [0.717, 1.165) is 46.8 Å². The number of fused-ring (bicyclic) bond motifs is 1. The van der Waals surface area contributed by atoms with E-state index in [2.05, 4.69) is 28.3 Å². The highest BCUT2D eigenvalue weighted by molar-refractivity contribution is 5.96. The summed E-state index contributed by atoms with van der Waals surface area (Å²) in [6.45, 7) is 4.56. The first kappa shape index (κ1) is 16.5. The molecule has 26 heavy (non-hydrogen) atoms. The van der Waals surface area contributed by atoms with Gasteiger partial charge in [-0.2, -0.15) is 0 Å². The van der Waals surface area contributed by atoms with Gasteiger partial charge in [-0.1, -0.05) is 11.2 Å². The van der Waals surface area contributed by atoms with Crippen molar-refractivity contribution in [1.82, 2.24) is 10.1 Å². The quantitative estimate of drug-likeness (QED) is 0.719. The number of carbonyl (C=O) groups excluding carboxylic acids is 1. The third-order valence-electron chi connectivity index (χ3n) is 5.06. The van der Waals surface area contributed by atoms with E-state index < -0.39 is 0 Å². The monoisotopic (exact) mass is 347 g/mol. The SMILES string of the molecule is Cc1noc(C)c1CCC(=O)N1CCc2cc(-c3ccncc3)ccc21. The smallest absolute Gasteiger partial charge is 0.227 e. The van der Waals surface area contributed by atoms with Gasteiger partial charge in [-0.15, -0.1) is 0 Å². The van der Waals surface area contributed by atoms with Crippen LogP contribution in [0.4, 0.5) is 5.69 Å². The van der Waals surface area contributed by atoms with Crippen LogP contribution in [0.15, 0.2) is 47.2 Å². The highest BCUT2D eigenvalue weighted by Crippen LogP contribution is 2.32. The topological polar surface area (TPSA) is 59.2 Å². The van der Waals surface area contributed by atoms with Crippen molar-refractivity contribution in [2.24, 2.45) is 0 Å². The second-order valence-electron chi connectivity index (χ2n) is 6.68. The first-order valence-electron chi connectivity index (χ1n) is 8.89. The molecule has 1 aliphatic rings. The first-order valence-corrected chi connectivity index (χ1v) is 8.89. The molecule has 2 aromatic heterocycles. The standard InChI is InChI=1S/C21H21N3O2/c1-14-19(15(2)26-23-14)4-6-21(25)24-12-9-18-13-17(3-5-20(18)24)16-7-10-22-11-8-16/h3,5,7-8,10-11,13H,4,6,9,12H2,1-2H3. The van der Waals surface area contributed by atoms with Crippen molar-refractivity contribution in [2.45, 2.75) is 33.1 Å². The predicted octanol–water partition coefficient (Wildman–Crippen LogP) is 3.88. The fraction of sp³-hybridized carbons (Fsp3) is 0.286. The van der Waals surface area contributed by atoms with Crippen molar-refractivity contribution in [3.8, 4) is 11.1 Å². The number of hydrogen-bond donors (Lipinski definition) is 0. The van der Waals surface area contributed by atoms with Gasteiger partial charge in [0.2, 0.25) is 5.91 Å². The third kappa shape index (κ3) is 3.01. The molecule has 0 atom stereocenters. The number of rotatable bonds is 4. The summed E-state index contributed by atoms with van der Waals surface area (Å²) in [6, 6.07) is 10.3. The zero-order valence-corrected chi connectivity index (χ0v) is 15.0. The van der Waals surface area contributed by atoms with Crippen molar-refractivity contribution in [3.05, 3.63) is 65.3 Å². The molecule has 1 aliphatic heterocycles. The Morgan fingerprint density at radius 1 is 1.15 bits per heavy atom. The van der Waals surface area contributed by atoms with E-state index in [1.165, 1.54) is 5.56 Å². The number of nitrogens with zero attached hydrogens (tertiary/aromatic N) is 3. The fourth-order valence-corrected chi connectivity index (χ4v) is 3.61. The Labute approximate surface area is 152 Å². The van der Waals surface area contributed by atoms with E-state index in [1.54, 1.807) is 12.4 Å². The van der Waals surface area contributed by atoms with E-state index in [-0.39, 0.29) is 5.91 Å². The summed E-state index contributed by atoms with van der Waals surface area (Å²) in [7, 11) is 0. The molecule has 5 heteroatoms. The van der Waals surface area contributed by atoms with Crippen LogP contribution >= 0.6 is 0 Å². The van der Waals surface area contributed by atoms with Gasteiger partial charge < -0.3 is 9.42 Å². The highest BCUT2D eigenvalue weighted by atomic mass is 16.5. The molecular formula is C21H21N3O2. The second kappa shape index (κ2) is 6.75. The van der Waals surface area contributed by atoms with Crippen molar-refractivity contribution in [3.63, 3.8) is 0 Å². The maximum Gasteiger partial charge on any atom is 0.227 e. The molecule has 0 unspecified atom stereocenters.